The van der Waals surface area contributed by atoms with Crippen LogP contribution < -0.4 is 5.73 Å². The Morgan fingerprint density at radius 1 is 1.35 bits per heavy atom. The Balaban J connectivity index is 2.16. The lowest BCUT2D eigenvalue weighted by Gasteiger charge is -2.05. The number of halogens is 2. The summed E-state index contributed by atoms with van der Waals surface area (Å²) in [6.45, 7) is 0. The van der Waals surface area contributed by atoms with E-state index in [0.717, 1.165) is 5.52 Å². The van der Waals surface area contributed by atoms with E-state index in [0.29, 0.717) is 21.0 Å². The van der Waals surface area contributed by atoms with E-state index in [9.17, 15) is 9.18 Å². The molecule has 0 saturated carbocycles. The van der Waals surface area contributed by atoms with Crippen LogP contribution in [0.5, 0.6) is 0 Å². The topological polar surface area (TPSA) is 71.8 Å². The van der Waals surface area contributed by atoms with Gasteiger partial charge in [-0.1, -0.05) is 0 Å². The smallest absolute Gasteiger partial charge is 0.196 e. The summed E-state index contributed by atoms with van der Waals surface area (Å²) in [7, 11) is 0. The lowest BCUT2D eigenvalue weighted by molar-refractivity contribution is 0.103. The number of anilines is 1. The number of H-pyrrole nitrogens is 1. The number of pyridine rings is 1. The van der Waals surface area contributed by atoms with Crippen LogP contribution in [0.4, 0.5) is 10.1 Å². The third kappa shape index (κ3) is 1.98. The second-order valence-electron chi connectivity index (χ2n) is 4.31. The molecule has 0 radical (unpaired) electrons. The maximum atomic E-state index is 13.3. The van der Waals surface area contributed by atoms with Crippen molar-refractivity contribution in [3.63, 3.8) is 0 Å². The Bertz CT molecular complexity index is 828. The summed E-state index contributed by atoms with van der Waals surface area (Å²) in [5, 5.41) is 0.715. The molecule has 3 aromatic rings. The fourth-order valence-corrected chi connectivity index (χ4v) is 2.53. The van der Waals surface area contributed by atoms with Crippen LogP contribution in [0.25, 0.3) is 10.9 Å². The van der Waals surface area contributed by atoms with Gasteiger partial charge in [0.15, 0.2) is 5.78 Å². The maximum absolute atomic E-state index is 13.3. The summed E-state index contributed by atoms with van der Waals surface area (Å²) < 4.78 is 13.7. The fourth-order valence-electron chi connectivity index (χ4n) is 2.04. The van der Waals surface area contributed by atoms with Crippen molar-refractivity contribution >= 4 is 38.3 Å². The number of hydrogen-bond acceptors (Lipinski definition) is 3. The molecule has 0 atom stereocenters. The van der Waals surface area contributed by atoms with E-state index in [1.807, 2.05) is 0 Å². The number of nitrogens with one attached hydrogen (secondary N) is 1. The number of hydrogen-bond donors (Lipinski definition) is 2. The summed E-state index contributed by atoms with van der Waals surface area (Å²) >= 11 is 3.19. The highest BCUT2D eigenvalue weighted by molar-refractivity contribution is 9.10. The zero-order chi connectivity index (χ0) is 14.3. The van der Waals surface area contributed by atoms with E-state index < -0.39 is 5.82 Å². The van der Waals surface area contributed by atoms with Crippen molar-refractivity contribution in [1.82, 2.24) is 9.97 Å². The Morgan fingerprint density at radius 3 is 2.95 bits per heavy atom. The van der Waals surface area contributed by atoms with Gasteiger partial charge in [0.05, 0.1) is 5.69 Å². The van der Waals surface area contributed by atoms with Crippen LogP contribution in [-0.2, 0) is 0 Å². The zero-order valence-electron chi connectivity index (χ0n) is 10.2. The quantitative estimate of drug-likeness (QED) is 0.558. The lowest BCUT2D eigenvalue weighted by Crippen LogP contribution is -2.04. The minimum Gasteiger partial charge on any atom is -0.396 e. The van der Waals surface area contributed by atoms with Gasteiger partial charge in [-0.3, -0.25) is 9.78 Å². The molecule has 0 unspecified atom stereocenters. The molecular formula is C14H9BrFN3O. The molecule has 0 aliphatic rings. The second-order valence-corrected chi connectivity index (χ2v) is 5.16. The molecule has 0 amide bonds. The Hall–Kier alpha value is -2.21. The fraction of sp³-hybridized carbons (Fsp3) is 0. The van der Waals surface area contributed by atoms with Gasteiger partial charge in [0.25, 0.3) is 0 Å². The van der Waals surface area contributed by atoms with Crippen LogP contribution in [0.1, 0.15) is 15.9 Å². The minimum absolute atomic E-state index is 0.0606. The van der Waals surface area contributed by atoms with E-state index in [2.05, 4.69) is 25.9 Å². The van der Waals surface area contributed by atoms with Crippen molar-refractivity contribution in [3.8, 4) is 0 Å². The number of aromatic nitrogens is 2. The summed E-state index contributed by atoms with van der Waals surface area (Å²) in [5.74, 6) is -0.808. The average molecular weight is 334 g/mol. The summed E-state index contributed by atoms with van der Waals surface area (Å²) in [6.07, 6.45) is 4.86. The molecule has 6 heteroatoms. The third-order valence-electron chi connectivity index (χ3n) is 3.06. The summed E-state index contributed by atoms with van der Waals surface area (Å²) in [6, 6.07) is 4.30. The molecule has 0 aliphatic heterocycles. The van der Waals surface area contributed by atoms with E-state index in [-0.39, 0.29) is 11.5 Å². The van der Waals surface area contributed by atoms with Crippen LogP contribution in [0.15, 0.2) is 41.3 Å². The molecule has 3 rings (SSSR count). The van der Waals surface area contributed by atoms with Crippen molar-refractivity contribution in [2.24, 2.45) is 0 Å². The van der Waals surface area contributed by atoms with Gasteiger partial charge in [-0.25, -0.2) is 4.39 Å². The van der Waals surface area contributed by atoms with Crippen molar-refractivity contribution in [2.75, 3.05) is 5.73 Å². The highest BCUT2D eigenvalue weighted by atomic mass is 79.9. The molecule has 1 aromatic carbocycles. The number of ketones is 1. The van der Waals surface area contributed by atoms with Crippen LogP contribution in [0.3, 0.4) is 0 Å². The van der Waals surface area contributed by atoms with Crippen molar-refractivity contribution in [2.45, 2.75) is 0 Å². The van der Waals surface area contributed by atoms with Crippen LogP contribution in [0.2, 0.25) is 0 Å². The standard InChI is InChI=1S/C14H9BrFN3O/c15-10-4-11(16)12(17)3-7(10)14(20)9-6-19-13-1-2-18-5-8(9)13/h1-6,19H,17H2. The molecule has 0 spiro atoms. The Labute approximate surface area is 121 Å². The first kappa shape index (κ1) is 12.8. The molecule has 0 saturated heterocycles. The first-order valence-electron chi connectivity index (χ1n) is 5.78. The summed E-state index contributed by atoms with van der Waals surface area (Å²) in [5.41, 5.74) is 7.06. The van der Waals surface area contributed by atoms with Gasteiger partial charge in [0.1, 0.15) is 5.82 Å². The van der Waals surface area contributed by atoms with Crippen molar-refractivity contribution < 1.29 is 9.18 Å². The highest BCUT2D eigenvalue weighted by Crippen LogP contribution is 2.27. The van der Waals surface area contributed by atoms with Gasteiger partial charge in [-0.15, -0.1) is 0 Å². The van der Waals surface area contributed by atoms with Crippen molar-refractivity contribution in [3.05, 3.63) is 58.2 Å². The maximum Gasteiger partial charge on any atom is 0.196 e. The molecule has 2 heterocycles. The molecule has 20 heavy (non-hydrogen) atoms. The van der Waals surface area contributed by atoms with Gasteiger partial charge in [-0.05, 0) is 34.1 Å². The minimum atomic E-state index is -0.561. The molecule has 0 fully saturated rings. The second kappa shape index (κ2) is 4.72. The monoisotopic (exact) mass is 333 g/mol. The number of nitrogens with two attached hydrogens (primary N) is 1. The molecule has 0 aliphatic carbocycles. The number of benzene rings is 1. The molecule has 100 valence electrons. The molecule has 3 N–H and O–H groups in total. The van der Waals surface area contributed by atoms with Gasteiger partial charge < -0.3 is 10.7 Å². The molecule has 0 bridgehead atoms. The first-order valence-corrected chi connectivity index (χ1v) is 6.57. The SMILES string of the molecule is Nc1cc(C(=O)c2c[nH]c3ccncc23)c(Br)cc1F. The highest BCUT2D eigenvalue weighted by Gasteiger charge is 2.18. The van der Waals surface area contributed by atoms with Gasteiger partial charge in [-0.2, -0.15) is 0 Å². The number of carbonyl (C=O) groups excluding carboxylic acids is 1. The predicted molar refractivity (Wildman–Crippen MR) is 78.0 cm³/mol. The number of nitrogens with zero attached hydrogens (tertiary/aromatic N) is 1. The number of aromatic amines is 1. The van der Waals surface area contributed by atoms with Crippen molar-refractivity contribution in [1.29, 1.82) is 0 Å². The number of fused-ring (bicyclic) bond motifs is 1. The molecular weight excluding hydrogens is 325 g/mol. The largest absolute Gasteiger partial charge is 0.396 e. The van der Waals surface area contributed by atoms with Crippen LogP contribution in [-0.4, -0.2) is 15.8 Å². The van der Waals surface area contributed by atoms with E-state index in [1.54, 1.807) is 24.7 Å². The number of nitrogen functional groups attached to an aromatic ring is 1. The average Bonchev–Trinajstić information content (AvgIpc) is 2.86. The molecule has 4 nitrogen and oxygen atoms in total. The zero-order valence-corrected chi connectivity index (χ0v) is 11.7. The Kier molecular flexibility index (Phi) is 3.02. The third-order valence-corrected chi connectivity index (χ3v) is 3.71. The van der Waals surface area contributed by atoms with Gasteiger partial charge in [0, 0.05) is 45.1 Å². The van der Waals surface area contributed by atoms with Gasteiger partial charge >= 0.3 is 0 Å². The predicted octanol–water partition coefficient (Wildman–Crippen LogP) is 3.28. The van der Waals surface area contributed by atoms with E-state index in [1.165, 1.54) is 12.1 Å². The summed E-state index contributed by atoms with van der Waals surface area (Å²) in [4.78, 5) is 19.6. The van der Waals surface area contributed by atoms with Crippen LogP contribution in [0, 0.1) is 5.82 Å². The normalized spacial score (nSPS) is 10.9. The number of carbonyl (C=O) groups is 1. The first-order chi connectivity index (χ1) is 9.58. The Morgan fingerprint density at radius 2 is 2.15 bits per heavy atom. The lowest BCUT2D eigenvalue weighted by atomic mass is 10.0. The number of rotatable bonds is 2. The van der Waals surface area contributed by atoms with E-state index in [4.69, 9.17) is 5.73 Å². The van der Waals surface area contributed by atoms with E-state index >= 15 is 0 Å². The van der Waals surface area contributed by atoms with Gasteiger partial charge in [0.2, 0.25) is 0 Å². The molecule has 2 aromatic heterocycles. The van der Waals surface area contributed by atoms with Crippen LogP contribution >= 0.6 is 15.9 Å².